The molecule has 4 nitrogen and oxygen atoms in total. The maximum absolute atomic E-state index is 13.7. The predicted octanol–water partition coefficient (Wildman–Crippen LogP) is 1.44. The van der Waals surface area contributed by atoms with Crippen molar-refractivity contribution >= 4 is 5.97 Å². The van der Waals surface area contributed by atoms with Crippen LogP contribution in [0.25, 0.3) is 0 Å². The lowest BCUT2D eigenvalue weighted by molar-refractivity contribution is -0.145. The Morgan fingerprint density at radius 1 is 1.53 bits per heavy atom. The van der Waals surface area contributed by atoms with Crippen LogP contribution in [0.15, 0.2) is 18.3 Å². The van der Waals surface area contributed by atoms with Crippen LogP contribution < -0.4 is 5.73 Å². The van der Waals surface area contributed by atoms with E-state index in [2.05, 4.69) is 4.98 Å². The molecule has 1 fully saturated rings. The molecule has 0 saturated heterocycles. The van der Waals surface area contributed by atoms with Gasteiger partial charge in [0.05, 0.1) is 5.69 Å². The smallest absolute Gasteiger partial charge is 0.315 e. The van der Waals surface area contributed by atoms with E-state index in [1.807, 2.05) is 0 Å². The van der Waals surface area contributed by atoms with Crippen molar-refractivity contribution in [3.8, 4) is 0 Å². The van der Waals surface area contributed by atoms with Crippen LogP contribution in [-0.2, 0) is 10.2 Å². The highest BCUT2D eigenvalue weighted by atomic mass is 19.1. The van der Waals surface area contributed by atoms with E-state index in [4.69, 9.17) is 5.73 Å². The summed E-state index contributed by atoms with van der Waals surface area (Å²) in [6, 6.07) is 2.72. The van der Waals surface area contributed by atoms with Gasteiger partial charge in [0.25, 0.3) is 0 Å². The second-order valence-corrected chi connectivity index (χ2v) is 4.56. The SMILES string of the molecule is NC1CCC(C(=O)O)(c2ncccc2F)CC1. The van der Waals surface area contributed by atoms with Crippen molar-refractivity contribution in [3.63, 3.8) is 0 Å². The highest BCUT2D eigenvalue weighted by Crippen LogP contribution is 2.39. The summed E-state index contributed by atoms with van der Waals surface area (Å²) in [6.07, 6.45) is 3.29. The molecule has 0 radical (unpaired) electrons. The topological polar surface area (TPSA) is 76.2 Å². The van der Waals surface area contributed by atoms with E-state index in [0.717, 1.165) is 0 Å². The number of carboxylic acid groups (broad SMARTS) is 1. The largest absolute Gasteiger partial charge is 0.481 e. The second-order valence-electron chi connectivity index (χ2n) is 4.56. The van der Waals surface area contributed by atoms with E-state index in [1.165, 1.54) is 18.3 Å². The van der Waals surface area contributed by atoms with E-state index < -0.39 is 17.2 Å². The molecule has 1 aromatic heterocycles. The molecule has 0 amide bonds. The Bertz CT molecular complexity index is 428. The van der Waals surface area contributed by atoms with Crippen LogP contribution >= 0.6 is 0 Å². The standard InChI is InChI=1S/C12H15FN2O2/c13-9-2-1-7-15-10(9)12(11(16)17)5-3-8(14)4-6-12/h1-2,7-8H,3-6,14H2,(H,16,17). The minimum Gasteiger partial charge on any atom is -0.481 e. The van der Waals surface area contributed by atoms with Crippen molar-refractivity contribution in [2.75, 3.05) is 0 Å². The van der Waals surface area contributed by atoms with Crippen LogP contribution in [0.5, 0.6) is 0 Å². The lowest BCUT2D eigenvalue weighted by Gasteiger charge is -2.35. The molecule has 0 spiro atoms. The summed E-state index contributed by atoms with van der Waals surface area (Å²) in [6.45, 7) is 0. The van der Waals surface area contributed by atoms with E-state index in [-0.39, 0.29) is 11.7 Å². The van der Waals surface area contributed by atoms with Gasteiger partial charge in [-0.3, -0.25) is 9.78 Å². The molecular formula is C12H15FN2O2. The van der Waals surface area contributed by atoms with Gasteiger partial charge in [-0.05, 0) is 37.8 Å². The first-order valence-corrected chi connectivity index (χ1v) is 5.66. The molecule has 0 unspecified atom stereocenters. The van der Waals surface area contributed by atoms with Crippen molar-refractivity contribution in [3.05, 3.63) is 29.8 Å². The summed E-state index contributed by atoms with van der Waals surface area (Å²) >= 11 is 0. The highest BCUT2D eigenvalue weighted by molar-refractivity contribution is 5.81. The summed E-state index contributed by atoms with van der Waals surface area (Å²) in [5.74, 6) is -1.56. The zero-order chi connectivity index (χ0) is 12.5. The third-order valence-corrected chi connectivity index (χ3v) is 3.50. The second kappa shape index (κ2) is 4.41. The number of hydrogen-bond acceptors (Lipinski definition) is 3. The zero-order valence-corrected chi connectivity index (χ0v) is 9.40. The first-order valence-electron chi connectivity index (χ1n) is 5.66. The van der Waals surface area contributed by atoms with Gasteiger partial charge in [-0.15, -0.1) is 0 Å². The average Bonchev–Trinajstić information content (AvgIpc) is 2.31. The Balaban J connectivity index is 2.42. The van der Waals surface area contributed by atoms with Crippen LogP contribution in [0, 0.1) is 5.82 Å². The van der Waals surface area contributed by atoms with E-state index in [1.54, 1.807) is 0 Å². The van der Waals surface area contributed by atoms with Crippen molar-refractivity contribution in [2.45, 2.75) is 37.1 Å². The van der Waals surface area contributed by atoms with Gasteiger partial charge < -0.3 is 10.8 Å². The Morgan fingerprint density at radius 3 is 2.71 bits per heavy atom. The fourth-order valence-electron chi connectivity index (χ4n) is 2.42. The maximum atomic E-state index is 13.7. The molecule has 0 atom stereocenters. The number of hydrogen-bond donors (Lipinski definition) is 2. The highest BCUT2D eigenvalue weighted by Gasteiger charge is 2.45. The molecule has 0 aliphatic heterocycles. The third-order valence-electron chi connectivity index (χ3n) is 3.50. The molecule has 2 rings (SSSR count). The number of halogens is 1. The Labute approximate surface area is 98.7 Å². The molecule has 3 N–H and O–H groups in total. The number of rotatable bonds is 2. The van der Waals surface area contributed by atoms with Gasteiger partial charge in [-0.2, -0.15) is 0 Å². The number of nitrogens with two attached hydrogens (primary N) is 1. The van der Waals surface area contributed by atoms with Crippen molar-refractivity contribution in [1.29, 1.82) is 0 Å². The number of pyridine rings is 1. The minimum atomic E-state index is -1.21. The maximum Gasteiger partial charge on any atom is 0.315 e. The van der Waals surface area contributed by atoms with Crippen LogP contribution in [0.2, 0.25) is 0 Å². The van der Waals surface area contributed by atoms with E-state index in [0.29, 0.717) is 25.7 Å². The fourth-order valence-corrected chi connectivity index (χ4v) is 2.42. The number of carboxylic acids is 1. The Kier molecular flexibility index (Phi) is 3.11. The lowest BCUT2D eigenvalue weighted by Crippen LogP contribution is -2.44. The van der Waals surface area contributed by atoms with Gasteiger partial charge in [-0.1, -0.05) is 0 Å². The molecule has 1 aliphatic rings. The summed E-state index contributed by atoms with van der Waals surface area (Å²) in [5, 5.41) is 9.41. The molecule has 0 aromatic carbocycles. The zero-order valence-electron chi connectivity index (χ0n) is 9.40. The molecule has 1 aromatic rings. The van der Waals surface area contributed by atoms with Gasteiger partial charge in [0, 0.05) is 12.2 Å². The summed E-state index contributed by atoms with van der Waals surface area (Å²) in [5.41, 5.74) is 4.60. The summed E-state index contributed by atoms with van der Waals surface area (Å²) in [7, 11) is 0. The van der Waals surface area contributed by atoms with Crippen LogP contribution in [-0.4, -0.2) is 22.1 Å². The third kappa shape index (κ3) is 2.02. The molecule has 1 saturated carbocycles. The first-order chi connectivity index (χ1) is 8.06. The predicted molar refractivity (Wildman–Crippen MR) is 60.0 cm³/mol. The van der Waals surface area contributed by atoms with Crippen LogP contribution in [0.1, 0.15) is 31.4 Å². The minimum absolute atomic E-state index is 0.00856. The van der Waals surface area contributed by atoms with Gasteiger partial charge in [0.1, 0.15) is 11.2 Å². The summed E-state index contributed by atoms with van der Waals surface area (Å²) < 4.78 is 13.7. The summed E-state index contributed by atoms with van der Waals surface area (Å²) in [4.78, 5) is 15.4. The van der Waals surface area contributed by atoms with Gasteiger partial charge in [0.2, 0.25) is 0 Å². The van der Waals surface area contributed by atoms with Crippen molar-refractivity contribution < 1.29 is 14.3 Å². The molecular weight excluding hydrogens is 223 g/mol. The molecule has 1 aliphatic carbocycles. The number of carbonyl (C=O) groups is 1. The van der Waals surface area contributed by atoms with E-state index in [9.17, 15) is 14.3 Å². The number of nitrogens with zero attached hydrogens (tertiary/aromatic N) is 1. The van der Waals surface area contributed by atoms with Crippen molar-refractivity contribution in [1.82, 2.24) is 4.98 Å². The molecule has 0 bridgehead atoms. The fraction of sp³-hybridized carbons (Fsp3) is 0.500. The van der Waals surface area contributed by atoms with Crippen LogP contribution in [0.4, 0.5) is 4.39 Å². The first kappa shape index (κ1) is 12.0. The molecule has 5 heteroatoms. The van der Waals surface area contributed by atoms with Crippen LogP contribution in [0.3, 0.4) is 0 Å². The molecule has 17 heavy (non-hydrogen) atoms. The number of aromatic nitrogens is 1. The van der Waals surface area contributed by atoms with Gasteiger partial charge in [-0.25, -0.2) is 4.39 Å². The molecule has 92 valence electrons. The number of aliphatic carboxylic acids is 1. The molecule has 1 heterocycles. The van der Waals surface area contributed by atoms with Gasteiger partial charge >= 0.3 is 5.97 Å². The monoisotopic (exact) mass is 238 g/mol. The average molecular weight is 238 g/mol. The van der Waals surface area contributed by atoms with Gasteiger partial charge in [0.15, 0.2) is 0 Å². The Hall–Kier alpha value is -1.49. The quantitative estimate of drug-likeness (QED) is 0.817. The normalized spacial score (nSPS) is 28.9. The van der Waals surface area contributed by atoms with E-state index >= 15 is 0 Å². The lowest BCUT2D eigenvalue weighted by atomic mass is 9.70. The Morgan fingerprint density at radius 2 is 2.18 bits per heavy atom. The van der Waals surface area contributed by atoms with Crippen molar-refractivity contribution in [2.24, 2.45) is 5.73 Å².